The van der Waals surface area contributed by atoms with Crippen molar-refractivity contribution in [1.29, 1.82) is 0 Å². The molecule has 0 bridgehead atoms. The molecule has 110 valence electrons. The van der Waals surface area contributed by atoms with Crippen molar-refractivity contribution in [1.82, 2.24) is 0 Å². The van der Waals surface area contributed by atoms with Crippen LogP contribution in [0.3, 0.4) is 0 Å². The van der Waals surface area contributed by atoms with Gasteiger partial charge in [0.1, 0.15) is 0 Å². The highest BCUT2D eigenvalue weighted by Gasteiger charge is 2.09. The average Bonchev–Trinajstić information content (AvgIpc) is 2.62. The van der Waals surface area contributed by atoms with E-state index < -0.39 is 0 Å². The van der Waals surface area contributed by atoms with E-state index >= 15 is 0 Å². The molecule has 23 heavy (non-hydrogen) atoms. The van der Waals surface area contributed by atoms with Crippen molar-refractivity contribution in [2.45, 2.75) is 0 Å². The van der Waals surface area contributed by atoms with Crippen molar-refractivity contribution < 1.29 is 0 Å². The summed E-state index contributed by atoms with van der Waals surface area (Å²) in [6.45, 7) is 0. The summed E-state index contributed by atoms with van der Waals surface area (Å²) in [5, 5.41) is 2.54. The van der Waals surface area contributed by atoms with Crippen LogP contribution < -0.4 is 5.73 Å². The van der Waals surface area contributed by atoms with E-state index in [2.05, 4.69) is 78.9 Å². The first-order valence-electron chi connectivity index (χ1n) is 7.76. The third-order valence-corrected chi connectivity index (χ3v) is 4.23. The molecule has 1 heteroatoms. The van der Waals surface area contributed by atoms with Gasteiger partial charge in [-0.3, -0.25) is 0 Å². The molecule has 0 fully saturated rings. The summed E-state index contributed by atoms with van der Waals surface area (Å²) >= 11 is 0. The molecule has 0 amide bonds. The van der Waals surface area contributed by atoms with Gasteiger partial charge >= 0.3 is 0 Å². The van der Waals surface area contributed by atoms with Crippen molar-refractivity contribution in [2.24, 2.45) is 0 Å². The lowest BCUT2D eigenvalue weighted by atomic mass is 9.91. The predicted molar refractivity (Wildman–Crippen MR) is 99.2 cm³/mol. The van der Waals surface area contributed by atoms with Gasteiger partial charge in [0, 0.05) is 5.69 Å². The second kappa shape index (κ2) is 5.62. The molecule has 0 aromatic heterocycles. The number of rotatable bonds is 2. The molecular weight excluding hydrogens is 278 g/mol. The Balaban J connectivity index is 1.97. The van der Waals surface area contributed by atoms with Gasteiger partial charge in [-0.25, -0.2) is 0 Å². The van der Waals surface area contributed by atoms with Crippen LogP contribution in [0.5, 0.6) is 0 Å². The minimum absolute atomic E-state index is 0.788. The van der Waals surface area contributed by atoms with E-state index in [1.54, 1.807) is 0 Å². The molecule has 0 aliphatic rings. The van der Waals surface area contributed by atoms with Crippen LogP contribution in [-0.4, -0.2) is 0 Å². The molecule has 0 spiro atoms. The fraction of sp³-hybridized carbons (Fsp3) is 0. The molecule has 0 atom stereocenters. The smallest absolute Gasteiger partial charge is 0.0314 e. The van der Waals surface area contributed by atoms with Crippen LogP contribution in [0.25, 0.3) is 33.0 Å². The van der Waals surface area contributed by atoms with E-state index in [0.717, 1.165) is 5.69 Å². The van der Waals surface area contributed by atoms with E-state index in [4.69, 9.17) is 5.73 Å². The fourth-order valence-electron chi connectivity index (χ4n) is 3.09. The lowest BCUT2D eigenvalue weighted by Crippen LogP contribution is -1.88. The molecule has 4 aromatic rings. The first-order valence-corrected chi connectivity index (χ1v) is 7.76. The normalized spacial score (nSPS) is 10.8. The Morgan fingerprint density at radius 1 is 0.478 bits per heavy atom. The summed E-state index contributed by atoms with van der Waals surface area (Å²) in [5.41, 5.74) is 11.5. The molecule has 2 N–H and O–H groups in total. The Labute approximate surface area is 136 Å². The third-order valence-electron chi connectivity index (χ3n) is 4.23. The van der Waals surface area contributed by atoms with Crippen molar-refractivity contribution in [3.05, 3.63) is 91.0 Å². The van der Waals surface area contributed by atoms with Crippen LogP contribution in [0.2, 0.25) is 0 Å². The van der Waals surface area contributed by atoms with Crippen molar-refractivity contribution >= 4 is 16.5 Å². The molecule has 0 aliphatic heterocycles. The predicted octanol–water partition coefficient (Wildman–Crippen LogP) is 5.76. The minimum Gasteiger partial charge on any atom is -0.399 e. The molecule has 0 saturated heterocycles. The molecule has 0 radical (unpaired) electrons. The minimum atomic E-state index is 0.788. The zero-order valence-electron chi connectivity index (χ0n) is 12.7. The lowest BCUT2D eigenvalue weighted by Gasteiger charge is -2.13. The van der Waals surface area contributed by atoms with Gasteiger partial charge in [-0.2, -0.15) is 0 Å². The maximum Gasteiger partial charge on any atom is 0.0314 e. The molecule has 4 rings (SSSR count). The number of benzene rings is 4. The highest BCUT2D eigenvalue weighted by Crippen LogP contribution is 2.36. The van der Waals surface area contributed by atoms with Gasteiger partial charge in [-0.05, 0) is 45.2 Å². The van der Waals surface area contributed by atoms with Crippen LogP contribution in [0.4, 0.5) is 5.69 Å². The van der Waals surface area contributed by atoms with E-state index in [1.807, 2.05) is 12.1 Å². The third kappa shape index (κ3) is 2.47. The number of hydrogen-bond acceptors (Lipinski definition) is 1. The fourth-order valence-corrected chi connectivity index (χ4v) is 3.09. The van der Waals surface area contributed by atoms with Gasteiger partial charge in [0.25, 0.3) is 0 Å². The Hall–Kier alpha value is -3.06. The first-order chi connectivity index (χ1) is 11.3. The Kier molecular flexibility index (Phi) is 3.32. The average molecular weight is 295 g/mol. The Morgan fingerprint density at radius 3 is 1.91 bits per heavy atom. The number of fused-ring (bicyclic) bond motifs is 1. The van der Waals surface area contributed by atoms with Crippen molar-refractivity contribution in [2.75, 3.05) is 5.73 Å². The van der Waals surface area contributed by atoms with Gasteiger partial charge in [0.15, 0.2) is 0 Å². The lowest BCUT2D eigenvalue weighted by molar-refractivity contribution is 1.59. The van der Waals surface area contributed by atoms with Crippen molar-refractivity contribution in [3.63, 3.8) is 0 Å². The van der Waals surface area contributed by atoms with Gasteiger partial charge < -0.3 is 5.73 Å². The summed E-state index contributed by atoms with van der Waals surface area (Å²) in [4.78, 5) is 0. The zero-order chi connectivity index (χ0) is 15.6. The Bertz CT molecular complexity index is 963. The second-order valence-electron chi connectivity index (χ2n) is 5.69. The molecule has 0 unspecified atom stereocenters. The van der Waals surface area contributed by atoms with E-state index in [9.17, 15) is 0 Å². The summed E-state index contributed by atoms with van der Waals surface area (Å²) in [5.74, 6) is 0. The van der Waals surface area contributed by atoms with Crippen LogP contribution in [0, 0.1) is 0 Å². The maximum atomic E-state index is 5.83. The summed E-state index contributed by atoms with van der Waals surface area (Å²) < 4.78 is 0. The molecular formula is C22H17N. The quantitative estimate of drug-likeness (QED) is 0.468. The van der Waals surface area contributed by atoms with Crippen molar-refractivity contribution in [3.8, 4) is 22.3 Å². The van der Waals surface area contributed by atoms with Gasteiger partial charge in [0.2, 0.25) is 0 Å². The number of anilines is 1. The van der Waals surface area contributed by atoms with Crippen LogP contribution in [0.15, 0.2) is 91.0 Å². The standard InChI is InChI=1S/C22H17N/c23-18-14-12-17(13-15-18)20-9-3-4-10-21(20)22-11-5-7-16-6-1-2-8-19(16)22/h1-15H,23H2. The topological polar surface area (TPSA) is 26.0 Å². The largest absolute Gasteiger partial charge is 0.399 e. The molecule has 4 aromatic carbocycles. The molecule has 1 nitrogen and oxygen atoms in total. The SMILES string of the molecule is Nc1ccc(-c2ccccc2-c2cccc3ccccc23)cc1. The van der Waals surface area contributed by atoms with Crippen LogP contribution in [-0.2, 0) is 0 Å². The molecule has 0 saturated carbocycles. The second-order valence-corrected chi connectivity index (χ2v) is 5.69. The number of hydrogen-bond donors (Lipinski definition) is 1. The molecule has 0 aliphatic carbocycles. The zero-order valence-corrected chi connectivity index (χ0v) is 12.7. The highest BCUT2D eigenvalue weighted by atomic mass is 14.5. The first kappa shape index (κ1) is 13.6. The van der Waals surface area contributed by atoms with E-state index in [0.29, 0.717) is 0 Å². The van der Waals surface area contributed by atoms with E-state index in [1.165, 1.54) is 33.0 Å². The van der Waals surface area contributed by atoms with Gasteiger partial charge in [-0.1, -0.05) is 78.9 Å². The van der Waals surface area contributed by atoms with Crippen LogP contribution in [0.1, 0.15) is 0 Å². The highest BCUT2D eigenvalue weighted by molar-refractivity contribution is 6.00. The number of nitrogens with two attached hydrogens (primary N) is 1. The van der Waals surface area contributed by atoms with E-state index in [-0.39, 0.29) is 0 Å². The van der Waals surface area contributed by atoms with Crippen LogP contribution >= 0.6 is 0 Å². The Morgan fingerprint density at radius 2 is 1.09 bits per heavy atom. The molecule has 0 heterocycles. The maximum absolute atomic E-state index is 5.83. The summed E-state index contributed by atoms with van der Waals surface area (Å²) in [6.07, 6.45) is 0. The monoisotopic (exact) mass is 295 g/mol. The summed E-state index contributed by atoms with van der Waals surface area (Å²) in [6, 6.07) is 31.6. The summed E-state index contributed by atoms with van der Waals surface area (Å²) in [7, 11) is 0. The van der Waals surface area contributed by atoms with Gasteiger partial charge in [-0.15, -0.1) is 0 Å². The number of nitrogen functional groups attached to an aromatic ring is 1. The van der Waals surface area contributed by atoms with Gasteiger partial charge in [0.05, 0.1) is 0 Å².